The van der Waals surface area contributed by atoms with Crippen LogP contribution < -0.4 is 5.73 Å². The maximum absolute atomic E-state index is 10.7. The summed E-state index contributed by atoms with van der Waals surface area (Å²) in [6, 6.07) is 0. The van der Waals surface area contributed by atoms with E-state index in [2.05, 4.69) is 22.8 Å². The van der Waals surface area contributed by atoms with Gasteiger partial charge in [-0.05, 0) is 0 Å². The number of nitrogens with two attached hydrogens (primary N) is 1. The average Bonchev–Trinajstić information content (AvgIpc) is 2.17. The number of rotatable bonds is 0. The van der Waals surface area contributed by atoms with Gasteiger partial charge in [-0.1, -0.05) is 6.08 Å². The fourth-order valence-corrected chi connectivity index (χ4v) is 2.07. The van der Waals surface area contributed by atoms with Crippen LogP contribution in [0.2, 0.25) is 0 Å². The van der Waals surface area contributed by atoms with E-state index in [0.29, 0.717) is 5.37 Å². The molecule has 1 fully saturated rings. The molecule has 2 N–H and O–H groups in total. The second kappa shape index (κ2) is 5.16. The molecule has 0 aromatic heterocycles. The topological polar surface area (TPSA) is 72.6 Å². The van der Waals surface area contributed by atoms with E-state index >= 15 is 0 Å². The van der Waals surface area contributed by atoms with Crippen LogP contribution in [0, 0.1) is 0 Å². The largest absolute Gasteiger partial charge is 0.416 e. The van der Waals surface area contributed by atoms with E-state index in [0.717, 1.165) is 12.2 Å². The molecule has 2 aliphatic heterocycles. The Balaban J connectivity index is 0.000000171. The Morgan fingerprint density at radius 2 is 2.43 bits per heavy atom. The van der Waals surface area contributed by atoms with E-state index in [1.54, 1.807) is 4.90 Å². The number of hydrogen-bond donors (Lipinski definition) is 2. The molecule has 0 aromatic carbocycles. The minimum Gasteiger partial charge on any atom is -0.379 e. The van der Waals surface area contributed by atoms with Gasteiger partial charge in [0.1, 0.15) is 0 Å². The van der Waals surface area contributed by atoms with Gasteiger partial charge in [-0.25, -0.2) is 4.79 Å². The number of carbonyl (C=O) groups is 2. The van der Waals surface area contributed by atoms with Gasteiger partial charge in [-0.3, -0.25) is 4.79 Å². The smallest absolute Gasteiger partial charge is 0.379 e. The number of thioether (sulfide) groups is 1. The summed E-state index contributed by atoms with van der Waals surface area (Å²) in [7, 11) is 0. The van der Waals surface area contributed by atoms with Crippen molar-refractivity contribution in [1.29, 1.82) is 0 Å². The maximum atomic E-state index is 10.7. The number of carbonyl (C=O) groups excluding carboxylic acids is 2. The van der Waals surface area contributed by atoms with Crippen molar-refractivity contribution in [3.05, 3.63) is 12.3 Å². The fraction of sp³-hybridized carbons (Fsp3) is 0.429. The van der Waals surface area contributed by atoms with Crippen molar-refractivity contribution in [2.75, 3.05) is 5.75 Å². The quantitative estimate of drug-likeness (QED) is 0.368. The van der Waals surface area contributed by atoms with Crippen LogP contribution in [0.5, 0.6) is 0 Å². The zero-order valence-corrected chi connectivity index (χ0v) is 8.96. The standard InChI is InChI=1S/C6H7NOS.CH3NO2S/c8-5-4-6-7(5)2-1-3-9-6;2-1(3)4-5/h1-2,6H,3-4H2;5H,(H2,2,3). The third-order valence-corrected chi connectivity index (χ3v) is 3.03. The molecule has 1 saturated heterocycles. The van der Waals surface area contributed by atoms with Crippen LogP contribution in [0.25, 0.3) is 0 Å². The Bertz CT molecular complexity index is 270. The zero-order chi connectivity index (χ0) is 10.6. The molecule has 2 heterocycles. The molecule has 2 amide bonds. The summed E-state index contributed by atoms with van der Waals surface area (Å²) in [5.74, 6) is 1.33. The molecule has 0 radical (unpaired) electrons. The molecular formula is C7H10N2O3S2. The molecule has 78 valence electrons. The van der Waals surface area contributed by atoms with Crippen LogP contribution in [0.1, 0.15) is 6.42 Å². The number of fused-ring (bicyclic) bond motifs is 1. The normalized spacial score (nSPS) is 22.8. The summed E-state index contributed by atoms with van der Waals surface area (Å²) in [5, 5.41) is 0.475. The van der Waals surface area contributed by atoms with Gasteiger partial charge >= 0.3 is 6.09 Å². The number of thiol groups is 1. The number of primary amides is 1. The van der Waals surface area contributed by atoms with Crippen molar-refractivity contribution in [2.45, 2.75) is 11.8 Å². The third kappa shape index (κ3) is 2.85. The Morgan fingerprint density at radius 3 is 2.79 bits per heavy atom. The predicted molar refractivity (Wildman–Crippen MR) is 56.5 cm³/mol. The second-order valence-electron chi connectivity index (χ2n) is 2.59. The van der Waals surface area contributed by atoms with Crippen LogP contribution in [-0.2, 0) is 8.98 Å². The number of amides is 2. The molecule has 14 heavy (non-hydrogen) atoms. The van der Waals surface area contributed by atoms with E-state index in [4.69, 9.17) is 0 Å². The van der Waals surface area contributed by atoms with Crippen LogP contribution in [0.3, 0.4) is 0 Å². The molecule has 0 spiro atoms. The number of hydrogen-bond acceptors (Lipinski definition) is 5. The van der Waals surface area contributed by atoms with Crippen molar-refractivity contribution in [3.8, 4) is 0 Å². The van der Waals surface area contributed by atoms with E-state index < -0.39 is 6.09 Å². The third-order valence-electron chi connectivity index (χ3n) is 1.69. The van der Waals surface area contributed by atoms with Crippen molar-refractivity contribution in [1.82, 2.24) is 4.90 Å². The molecule has 0 bridgehead atoms. The minimum absolute atomic E-state index is 0.267. The van der Waals surface area contributed by atoms with Gasteiger partial charge in [0.25, 0.3) is 0 Å². The van der Waals surface area contributed by atoms with Gasteiger partial charge in [-0.15, -0.1) is 11.8 Å². The van der Waals surface area contributed by atoms with Crippen LogP contribution >= 0.6 is 24.7 Å². The highest BCUT2D eigenvalue weighted by molar-refractivity contribution is 8.00. The lowest BCUT2D eigenvalue weighted by Gasteiger charge is -2.39. The van der Waals surface area contributed by atoms with Crippen LogP contribution in [0.4, 0.5) is 4.79 Å². The summed E-state index contributed by atoms with van der Waals surface area (Å²) in [6.07, 6.45) is 3.79. The lowest BCUT2D eigenvalue weighted by Crippen LogP contribution is -2.48. The summed E-state index contributed by atoms with van der Waals surface area (Å²) in [4.78, 5) is 21.8. The first-order chi connectivity index (χ1) is 6.65. The highest BCUT2D eigenvalue weighted by atomic mass is 32.2. The average molecular weight is 234 g/mol. The van der Waals surface area contributed by atoms with Crippen LogP contribution in [0.15, 0.2) is 12.3 Å². The summed E-state index contributed by atoms with van der Waals surface area (Å²) in [6.45, 7) is 0. The molecular weight excluding hydrogens is 224 g/mol. The summed E-state index contributed by atoms with van der Waals surface area (Å²) < 4.78 is 3.58. The summed E-state index contributed by atoms with van der Waals surface area (Å²) in [5.41, 5.74) is 4.35. The first kappa shape index (κ1) is 11.3. The molecule has 0 saturated carbocycles. The molecule has 7 heteroatoms. The highest BCUT2D eigenvalue weighted by Crippen LogP contribution is 2.32. The first-order valence-corrected chi connectivity index (χ1v) is 5.27. The van der Waals surface area contributed by atoms with Crippen molar-refractivity contribution in [2.24, 2.45) is 5.73 Å². The monoisotopic (exact) mass is 234 g/mol. The molecule has 2 rings (SSSR count). The van der Waals surface area contributed by atoms with Gasteiger partial charge in [0, 0.05) is 24.9 Å². The first-order valence-electron chi connectivity index (χ1n) is 3.85. The second-order valence-corrected chi connectivity index (χ2v) is 3.98. The lowest BCUT2D eigenvalue weighted by atomic mass is 10.2. The SMILES string of the molecule is NC(=O)OS.O=C1CC2SCC=CN12. The Labute approximate surface area is 91.3 Å². The molecule has 1 atom stereocenters. The van der Waals surface area contributed by atoms with E-state index in [1.807, 2.05) is 24.0 Å². The number of β-lactam (4-membered cyclic amide) rings is 1. The van der Waals surface area contributed by atoms with Crippen molar-refractivity contribution in [3.63, 3.8) is 0 Å². The van der Waals surface area contributed by atoms with E-state index in [9.17, 15) is 9.59 Å². The number of nitrogens with zero attached hydrogens (tertiary/aromatic N) is 1. The van der Waals surface area contributed by atoms with E-state index in [-0.39, 0.29) is 5.91 Å². The molecule has 1 unspecified atom stereocenters. The fourth-order valence-electron chi connectivity index (χ4n) is 1.04. The summed E-state index contributed by atoms with van der Waals surface area (Å²) >= 11 is 4.88. The Hall–Kier alpha value is -0.820. The van der Waals surface area contributed by atoms with Gasteiger partial charge in [0.2, 0.25) is 5.91 Å². The van der Waals surface area contributed by atoms with Gasteiger partial charge in [0.15, 0.2) is 0 Å². The Kier molecular flexibility index (Phi) is 4.15. The molecule has 0 aliphatic carbocycles. The zero-order valence-electron chi connectivity index (χ0n) is 7.25. The lowest BCUT2D eigenvalue weighted by molar-refractivity contribution is -0.137. The highest BCUT2D eigenvalue weighted by Gasteiger charge is 2.35. The van der Waals surface area contributed by atoms with Crippen LogP contribution in [-0.4, -0.2) is 28.0 Å². The Morgan fingerprint density at radius 1 is 1.79 bits per heavy atom. The molecule has 5 nitrogen and oxygen atoms in total. The van der Waals surface area contributed by atoms with Crippen molar-refractivity contribution >= 4 is 36.7 Å². The minimum atomic E-state index is -0.881. The van der Waals surface area contributed by atoms with Gasteiger partial charge < -0.3 is 14.8 Å². The molecule has 2 aliphatic rings. The predicted octanol–water partition coefficient (Wildman–Crippen LogP) is 0.732. The van der Waals surface area contributed by atoms with Gasteiger partial charge in [0.05, 0.1) is 11.8 Å². The molecule has 0 aromatic rings. The maximum Gasteiger partial charge on any atom is 0.416 e. The van der Waals surface area contributed by atoms with Gasteiger partial charge in [-0.2, -0.15) is 0 Å². The van der Waals surface area contributed by atoms with E-state index in [1.165, 1.54) is 0 Å². The van der Waals surface area contributed by atoms with Crippen molar-refractivity contribution < 1.29 is 13.8 Å².